The number of hydrogen-bond donors (Lipinski definition) is 2. The van der Waals surface area contributed by atoms with Crippen LogP contribution in [0.15, 0.2) is 30.9 Å². The zero-order valence-electron chi connectivity index (χ0n) is 12.9. The second-order valence-corrected chi connectivity index (χ2v) is 5.20. The van der Waals surface area contributed by atoms with Gasteiger partial charge in [0.1, 0.15) is 11.8 Å². The third-order valence-corrected chi connectivity index (χ3v) is 3.36. The quantitative estimate of drug-likeness (QED) is 0.723. The number of pyridine rings is 1. The van der Waals surface area contributed by atoms with Gasteiger partial charge in [0, 0.05) is 12.7 Å². The minimum absolute atomic E-state index is 0.109. The Bertz CT molecular complexity index is 829. The van der Waals surface area contributed by atoms with E-state index in [-0.39, 0.29) is 12.5 Å². The molecule has 118 valence electrons. The lowest BCUT2D eigenvalue weighted by Crippen LogP contribution is -2.35. The zero-order valence-corrected chi connectivity index (χ0v) is 12.9. The van der Waals surface area contributed by atoms with Gasteiger partial charge in [-0.15, -0.1) is 0 Å². The molecule has 0 fully saturated rings. The van der Waals surface area contributed by atoms with Gasteiger partial charge in [-0.25, -0.2) is 15.0 Å². The molecule has 0 aliphatic rings. The number of nitrogens with zero attached hydrogens (tertiary/aromatic N) is 5. The highest BCUT2D eigenvalue weighted by Crippen LogP contribution is 2.17. The number of hydrogen-bond acceptors (Lipinski definition) is 6. The molecule has 0 saturated heterocycles. The Balaban J connectivity index is 1.62. The molecule has 0 radical (unpaired) electrons. The number of carbonyl (C=O) groups excluding carboxylic acids is 1. The van der Waals surface area contributed by atoms with Crippen molar-refractivity contribution in [1.82, 2.24) is 30.2 Å². The maximum absolute atomic E-state index is 12.1. The number of H-pyrrole nitrogens is 1. The Morgan fingerprint density at radius 2 is 2.17 bits per heavy atom. The van der Waals surface area contributed by atoms with Gasteiger partial charge in [0.05, 0.1) is 25.1 Å². The van der Waals surface area contributed by atoms with E-state index in [9.17, 15) is 4.79 Å². The first-order valence-electron chi connectivity index (χ1n) is 7.18. The van der Waals surface area contributed by atoms with Crippen LogP contribution in [-0.2, 0) is 11.3 Å². The van der Waals surface area contributed by atoms with E-state index in [0.717, 1.165) is 11.4 Å². The molecular weight excluding hydrogens is 294 g/mol. The van der Waals surface area contributed by atoms with E-state index >= 15 is 0 Å². The number of likely N-dealkylation sites (N-methyl/N-ethyl adjacent to an activating group) is 1. The lowest BCUT2D eigenvalue weighted by molar-refractivity contribution is -0.119. The van der Waals surface area contributed by atoms with Gasteiger partial charge in [-0.1, -0.05) is 6.07 Å². The number of aryl methyl sites for hydroxylation is 1. The average Bonchev–Trinajstić information content (AvgIpc) is 3.01. The van der Waals surface area contributed by atoms with Crippen molar-refractivity contribution in [2.45, 2.75) is 13.5 Å². The summed E-state index contributed by atoms with van der Waals surface area (Å²) in [5.74, 6) is 0.526. The van der Waals surface area contributed by atoms with Crippen LogP contribution in [0.2, 0.25) is 0 Å². The average molecular weight is 311 g/mol. The van der Waals surface area contributed by atoms with Crippen LogP contribution in [0.5, 0.6) is 0 Å². The summed E-state index contributed by atoms with van der Waals surface area (Å²) in [7, 11) is 1.80. The predicted molar refractivity (Wildman–Crippen MR) is 85.8 cm³/mol. The second kappa shape index (κ2) is 6.39. The van der Waals surface area contributed by atoms with Crippen LogP contribution >= 0.6 is 0 Å². The van der Waals surface area contributed by atoms with Crippen LogP contribution in [0.4, 0.5) is 5.82 Å². The predicted octanol–water partition coefficient (Wildman–Crippen LogP) is 0.809. The molecule has 0 saturated carbocycles. The Hall–Kier alpha value is -3.03. The summed E-state index contributed by atoms with van der Waals surface area (Å²) < 4.78 is 0. The van der Waals surface area contributed by atoms with Crippen molar-refractivity contribution < 1.29 is 4.79 Å². The fourth-order valence-electron chi connectivity index (χ4n) is 2.28. The van der Waals surface area contributed by atoms with E-state index in [1.165, 1.54) is 6.33 Å². The molecule has 0 aliphatic carbocycles. The molecule has 3 heterocycles. The molecule has 0 spiro atoms. The highest BCUT2D eigenvalue weighted by molar-refractivity contribution is 5.86. The zero-order chi connectivity index (χ0) is 16.2. The van der Waals surface area contributed by atoms with Crippen LogP contribution < -0.4 is 10.2 Å². The van der Waals surface area contributed by atoms with Crippen LogP contribution in [0.1, 0.15) is 11.4 Å². The van der Waals surface area contributed by atoms with Crippen molar-refractivity contribution in [3.05, 3.63) is 42.2 Å². The number of nitrogens with one attached hydrogen (secondary N) is 2. The van der Waals surface area contributed by atoms with Gasteiger partial charge in [0.25, 0.3) is 0 Å². The van der Waals surface area contributed by atoms with E-state index in [1.54, 1.807) is 18.3 Å². The van der Waals surface area contributed by atoms with E-state index in [1.807, 2.05) is 25.1 Å². The van der Waals surface area contributed by atoms with Crippen molar-refractivity contribution in [1.29, 1.82) is 0 Å². The molecule has 0 bridgehead atoms. The Morgan fingerprint density at radius 1 is 1.30 bits per heavy atom. The summed E-state index contributed by atoms with van der Waals surface area (Å²) in [4.78, 5) is 33.6. The number of aromatic nitrogens is 5. The Kier molecular flexibility index (Phi) is 4.13. The van der Waals surface area contributed by atoms with Crippen molar-refractivity contribution in [3.8, 4) is 0 Å². The first-order chi connectivity index (χ1) is 11.1. The fourth-order valence-corrected chi connectivity index (χ4v) is 2.28. The molecule has 1 amide bonds. The van der Waals surface area contributed by atoms with E-state index in [4.69, 9.17) is 0 Å². The third-order valence-electron chi connectivity index (χ3n) is 3.36. The smallest absolute Gasteiger partial charge is 0.239 e. The Morgan fingerprint density at radius 3 is 3.00 bits per heavy atom. The molecule has 8 nitrogen and oxygen atoms in total. The molecule has 23 heavy (non-hydrogen) atoms. The van der Waals surface area contributed by atoms with Gasteiger partial charge in [0.2, 0.25) is 5.91 Å². The third kappa shape index (κ3) is 3.42. The first-order valence-corrected chi connectivity index (χ1v) is 7.18. The van der Waals surface area contributed by atoms with Crippen LogP contribution in [0.25, 0.3) is 11.2 Å². The number of imidazole rings is 1. The van der Waals surface area contributed by atoms with E-state index < -0.39 is 0 Å². The van der Waals surface area contributed by atoms with Gasteiger partial charge < -0.3 is 15.2 Å². The summed E-state index contributed by atoms with van der Waals surface area (Å²) in [6.45, 7) is 2.50. The number of fused-ring (bicyclic) bond motifs is 1. The highest BCUT2D eigenvalue weighted by Gasteiger charge is 2.13. The molecule has 3 aromatic heterocycles. The summed E-state index contributed by atoms with van der Waals surface area (Å²) >= 11 is 0. The van der Waals surface area contributed by atoms with Gasteiger partial charge in [-0.2, -0.15) is 0 Å². The van der Waals surface area contributed by atoms with Gasteiger partial charge >= 0.3 is 0 Å². The number of anilines is 1. The van der Waals surface area contributed by atoms with Crippen molar-refractivity contribution >= 4 is 22.9 Å². The number of carbonyl (C=O) groups is 1. The van der Waals surface area contributed by atoms with Crippen LogP contribution in [0, 0.1) is 6.92 Å². The molecule has 0 unspecified atom stereocenters. The van der Waals surface area contributed by atoms with Gasteiger partial charge in [-0.3, -0.25) is 9.78 Å². The summed E-state index contributed by atoms with van der Waals surface area (Å²) in [5, 5.41) is 2.86. The van der Waals surface area contributed by atoms with Crippen molar-refractivity contribution in [2.75, 3.05) is 18.5 Å². The van der Waals surface area contributed by atoms with Crippen molar-refractivity contribution in [2.24, 2.45) is 0 Å². The molecule has 0 aromatic carbocycles. The molecule has 3 aromatic rings. The maximum atomic E-state index is 12.1. The molecule has 0 aliphatic heterocycles. The van der Waals surface area contributed by atoms with E-state index in [0.29, 0.717) is 23.5 Å². The molecule has 8 heteroatoms. The number of aromatic amines is 1. The maximum Gasteiger partial charge on any atom is 0.239 e. The minimum Gasteiger partial charge on any atom is -0.349 e. The minimum atomic E-state index is -0.109. The monoisotopic (exact) mass is 311 g/mol. The first kappa shape index (κ1) is 14.9. The Labute approximate surface area is 133 Å². The highest BCUT2D eigenvalue weighted by atomic mass is 16.2. The summed E-state index contributed by atoms with van der Waals surface area (Å²) in [5.41, 5.74) is 3.05. The molecule has 0 atom stereocenters. The van der Waals surface area contributed by atoms with Crippen LogP contribution in [0.3, 0.4) is 0 Å². The van der Waals surface area contributed by atoms with Crippen LogP contribution in [-0.4, -0.2) is 44.4 Å². The molecular formula is C15H17N7O. The normalized spacial score (nSPS) is 10.7. The summed E-state index contributed by atoms with van der Waals surface area (Å²) in [6.07, 6.45) is 2.99. The molecule has 2 N–H and O–H groups in total. The second-order valence-electron chi connectivity index (χ2n) is 5.20. The van der Waals surface area contributed by atoms with E-state index in [2.05, 4.69) is 30.2 Å². The lowest BCUT2D eigenvalue weighted by atomic mass is 10.3. The standard InChI is InChI=1S/C15H17N7O/c1-10-4-3-5-11(21-10)6-16-12(23)7-22(2)15-13-14(18-8-17-13)19-9-20-15/h3-5,8-9H,6-7H2,1-2H3,(H,16,23)(H,17,18,19,20). The number of amides is 1. The topological polar surface area (TPSA) is 99.7 Å². The fraction of sp³-hybridized carbons (Fsp3) is 0.267. The van der Waals surface area contributed by atoms with Crippen molar-refractivity contribution in [3.63, 3.8) is 0 Å². The lowest BCUT2D eigenvalue weighted by Gasteiger charge is -2.17. The van der Waals surface area contributed by atoms with Gasteiger partial charge in [-0.05, 0) is 19.1 Å². The number of rotatable bonds is 5. The largest absolute Gasteiger partial charge is 0.349 e. The molecule has 3 rings (SSSR count). The van der Waals surface area contributed by atoms with Gasteiger partial charge in [0.15, 0.2) is 11.5 Å². The summed E-state index contributed by atoms with van der Waals surface area (Å²) in [6, 6.07) is 5.73. The SMILES string of the molecule is Cc1cccc(CNC(=O)CN(C)c2ncnc3nc[nH]c23)n1.